The molecule has 1 aromatic carbocycles. The van der Waals surface area contributed by atoms with E-state index in [4.69, 9.17) is 4.74 Å². The Hall–Kier alpha value is -1.60. The van der Waals surface area contributed by atoms with E-state index in [2.05, 4.69) is 10.6 Å². The molecule has 2 unspecified atom stereocenters. The van der Waals surface area contributed by atoms with Crippen LogP contribution in [0.2, 0.25) is 0 Å². The number of ether oxygens (including phenoxy) is 1. The second-order valence-electron chi connectivity index (χ2n) is 5.28. The normalized spacial score (nSPS) is 20.4. The highest BCUT2D eigenvalue weighted by Crippen LogP contribution is 2.29. The third kappa shape index (κ3) is 5.65. The molecule has 0 spiro atoms. The van der Waals surface area contributed by atoms with Crippen LogP contribution in [0.4, 0.5) is 13.2 Å². The Balaban J connectivity index is 1.97. The number of hydrogen-bond donors (Lipinski definition) is 2. The number of alkyl halides is 3. The number of carbonyl (C=O) groups excluding carboxylic acids is 1. The first kappa shape index (κ1) is 16.8. The first-order valence-electron chi connectivity index (χ1n) is 7.16. The largest absolute Gasteiger partial charge is 0.391 e. The number of rotatable bonds is 5. The molecule has 122 valence electrons. The van der Waals surface area contributed by atoms with E-state index in [1.165, 1.54) is 0 Å². The van der Waals surface area contributed by atoms with Gasteiger partial charge >= 0.3 is 6.18 Å². The zero-order chi connectivity index (χ0) is 16.0. The van der Waals surface area contributed by atoms with Gasteiger partial charge in [-0.2, -0.15) is 13.2 Å². The molecule has 4 nitrogen and oxygen atoms in total. The van der Waals surface area contributed by atoms with Crippen LogP contribution in [0.3, 0.4) is 0 Å². The van der Waals surface area contributed by atoms with E-state index in [9.17, 15) is 18.0 Å². The molecule has 7 heteroatoms. The summed E-state index contributed by atoms with van der Waals surface area (Å²) in [7, 11) is 0. The molecule has 1 saturated heterocycles. The van der Waals surface area contributed by atoms with Crippen molar-refractivity contribution in [1.82, 2.24) is 10.6 Å². The Bertz CT molecular complexity index is 473. The zero-order valence-corrected chi connectivity index (χ0v) is 12.0. The smallest absolute Gasteiger partial charge is 0.378 e. The lowest BCUT2D eigenvalue weighted by molar-refractivity contribution is -0.143. The van der Waals surface area contributed by atoms with Crippen molar-refractivity contribution in [2.75, 3.05) is 19.8 Å². The van der Waals surface area contributed by atoms with E-state index in [1.807, 2.05) is 0 Å². The Kier molecular flexibility index (Phi) is 5.79. The monoisotopic (exact) mass is 316 g/mol. The molecule has 0 aliphatic carbocycles. The van der Waals surface area contributed by atoms with Crippen LogP contribution in [0.25, 0.3) is 0 Å². The number of halogens is 3. The molecule has 1 aliphatic heterocycles. The van der Waals surface area contributed by atoms with Gasteiger partial charge < -0.3 is 15.4 Å². The van der Waals surface area contributed by atoms with Gasteiger partial charge in [-0.25, -0.2) is 0 Å². The van der Waals surface area contributed by atoms with Crippen molar-refractivity contribution < 1.29 is 22.7 Å². The quantitative estimate of drug-likeness (QED) is 0.875. The molecule has 1 heterocycles. The van der Waals surface area contributed by atoms with Gasteiger partial charge in [-0.1, -0.05) is 30.3 Å². The van der Waals surface area contributed by atoms with E-state index in [0.717, 1.165) is 0 Å². The fraction of sp³-hybridized carbons (Fsp3) is 0.533. The van der Waals surface area contributed by atoms with Crippen molar-refractivity contribution in [3.8, 4) is 0 Å². The maximum absolute atomic E-state index is 12.7. The average molecular weight is 316 g/mol. The van der Waals surface area contributed by atoms with Crippen LogP contribution in [-0.4, -0.2) is 37.9 Å². The van der Waals surface area contributed by atoms with Gasteiger partial charge in [0.1, 0.15) is 0 Å². The molecular weight excluding hydrogens is 297 g/mol. The Labute approximate surface area is 127 Å². The Morgan fingerprint density at radius 3 is 2.68 bits per heavy atom. The predicted molar refractivity (Wildman–Crippen MR) is 75.2 cm³/mol. The minimum Gasteiger partial charge on any atom is -0.378 e. The predicted octanol–water partition coefficient (Wildman–Crippen LogP) is 2.17. The molecule has 2 N–H and O–H groups in total. The van der Waals surface area contributed by atoms with Gasteiger partial charge in [-0.3, -0.25) is 4.79 Å². The number of nitrogens with one attached hydrogen (secondary N) is 2. The van der Waals surface area contributed by atoms with E-state index in [0.29, 0.717) is 25.3 Å². The second kappa shape index (κ2) is 7.60. The molecule has 0 saturated carbocycles. The fourth-order valence-electron chi connectivity index (χ4n) is 2.40. The highest BCUT2D eigenvalue weighted by atomic mass is 19.4. The first-order chi connectivity index (χ1) is 10.4. The van der Waals surface area contributed by atoms with Crippen LogP contribution in [-0.2, 0) is 9.53 Å². The number of hydrogen-bond acceptors (Lipinski definition) is 3. The van der Waals surface area contributed by atoms with Gasteiger partial charge in [0.25, 0.3) is 0 Å². The minimum atomic E-state index is -4.35. The van der Waals surface area contributed by atoms with Crippen molar-refractivity contribution in [1.29, 1.82) is 0 Å². The standard InChI is InChI=1S/C15H19F3N2O2/c16-15(17,18)9-13(11-4-2-1-3-5-11)20-14(21)8-12-10-22-7-6-19-12/h1-5,12-13,19H,6-10H2,(H,20,21). The van der Waals surface area contributed by atoms with Crippen molar-refractivity contribution in [3.05, 3.63) is 35.9 Å². The van der Waals surface area contributed by atoms with E-state index >= 15 is 0 Å². The van der Waals surface area contributed by atoms with Gasteiger partial charge in [0, 0.05) is 19.0 Å². The number of benzene rings is 1. The van der Waals surface area contributed by atoms with Gasteiger partial charge in [0.05, 0.1) is 25.7 Å². The third-order valence-corrected chi connectivity index (χ3v) is 3.40. The van der Waals surface area contributed by atoms with Crippen LogP contribution in [0.15, 0.2) is 30.3 Å². The summed E-state index contributed by atoms with van der Waals surface area (Å²) in [5.41, 5.74) is 0.445. The van der Waals surface area contributed by atoms with Gasteiger partial charge in [-0.05, 0) is 5.56 Å². The van der Waals surface area contributed by atoms with E-state index in [1.54, 1.807) is 30.3 Å². The van der Waals surface area contributed by atoms with Crippen molar-refractivity contribution >= 4 is 5.91 Å². The minimum absolute atomic E-state index is 0.0984. The van der Waals surface area contributed by atoms with Crippen LogP contribution in [0.5, 0.6) is 0 Å². The number of morpholine rings is 1. The molecule has 0 bridgehead atoms. The maximum atomic E-state index is 12.7. The lowest BCUT2D eigenvalue weighted by atomic mass is 10.0. The summed E-state index contributed by atoms with van der Waals surface area (Å²) in [6.07, 6.45) is -5.33. The molecule has 1 amide bonds. The highest BCUT2D eigenvalue weighted by molar-refractivity contribution is 5.77. The molecule has 1 aromatic rings. The lowest BCUT2D eigenvalue weighted by Crippen LogP contribution is -2.45. The molecule has 1 fully saturated rings. The summed E-state index contributed by atoms with van der Waals surface area (Å²) in [6, 6.07) is 6.97. The summed E-state index contributed by atoms with van der Waals surface area (Å²) in [4.78, 5) is 12.0. The van der Waals surface area contributed by atoms with Crippen molar-refractivity contribution in [2.45, 2.75) is 31.1 Å². The molecule has 0 radical (unpaired) electrons. The van der Waals surface area contributed by atoms with Crippen LogP contribution >= 0.6 is 0 Å². The van der Waals surface area contributed by atoms with Crippen LogP contribution in [0.1, 0.15) is 24.4 Å². The van der Waals surface area contributed by atoms with Crippen LogP contribution in [0, 0.1) is 0 Å². The van der Waals surface area contributed by atoms with E-state index < -0.39 is 24.5 Å². The fourth-order valence-corrected chi connectivity index (χ4v) is 2.40. The molecule has 2 atom stereocenters. The summed E-state index contributed by atoms with van der Waals surface area (Å²) in [5.74, 6) is -0.416. The summed E-state index contributed by atoms with van der Waals surface area (Å²) in [5, 5.41) is 5.59. The van der Waals surface area contributed by atoms with Gasteiger partial charge in [0.15, 0.2) is 0 Å². The zero-order valence-electron chi connectivity index (χ0n) is 12.0. The number of amides is 1. The average Bonchev–Trinajstić information content (AvgIpc) is 2.47. The van der Waals surface area contributed by atoms with Gasteiger partial charge in [0.2, 0.25) is 5.91 Å². The summed E-state index contributed by atoms with van der Waals surface area (Å²) in [6.45, 7) is 1.62. The second-order valence-corrected chi connectivity index (χ2v) is 5.28. The topological polar surface area (TPSA) is 50.4 Å². The maximum Gasteiger partial charge on any atom is 0.391 e. The van der Waals surface area contributed by atoms with Gasteiger partial charge in [-0.15, -0.1) is 0 Å². The Morgan fingerprint density at radius 2 is 2.09 bits per heavy atom. The van der Waals surface area contributed by atoms with E-state index in [-0.39, 0.29) is 12.5 Å². The SMILES string of the molecule is O=C(CC1COCCN1)NC(CC(F)(F)F)c1ccccc1. The molecule has 1 aliphatic rings. The first-order valence-corrected chi connectivity index (χ1v) is 7.16. The van der Waals surface area contributed by atoms with Crippen molar-refractivity contribution in [3.63, 3.8) is 0 Å². The molecule has 0 aromatic heterocycles. The van der Waals surface area contributed by atoms with Crippen LogP contribution < -0.4 is 10.6 Å². The summed E-state index contributed by atoms with van der Waals surface area (Å²) >= 11 is 0. The molecule has 2 rings (SSSR count). The number of carbonyl (C=O) groups is 1. The molecular formula is C15H19F3N2O2. The van der Waals surface area contributed by atoms with Crippen molar-refractivity contribution in [2.24, 2.45) is 0 Å². The molecule has 22 heavy (non-hydrogen) atoms. The lowest BCUT2D eigenvalue weighted by Gasteiger charge is -2.25. The third-order valence-electron chi connectivity index (χ3n) is 3.40. The summed E-state index contributed by atoms with van der Waals surface area (Å²) < 4.78 is 43.4. The highest BCUT2D eigenvalue weighted by Gasteiger charge is 2.33. The Morgan fingerprint density at radius 1 is 1.36 bits per heavy atom.